The summed E-state index contributed by atoms with van der Waals surface area (Å²) in [5.41, 5.74) is 13.7. The molecule has 1 aromatic carbocycles. The zero-order valence-corrected chi connectivity index (χ0v) is 11.4. The van der Waals surface area contributed by atoms with Gasteiger partial charge < -0.3 is 11.5 Å². The van der Waals surface area contributed by atoms with E-state index >= 15 is 0 Å². The van der Waals surface area contributed by atoms with Gasteiger partial charge in [0.25, 0.3) is 0 Å². The number of rotatable bonds is 2. The van der Waals surface area contributed by atoms with Gasteiger partial charge in [-0.05, 0) is 24.3 Å². The van der Waals surface area contributed by atoms with E-state index in [9.17, 15) is 0 Å². The number of aromatic nitrogens is 3. The molecule has 20 heavy (non-hydrogen) atoms. The smallest absolute Gasteiger partial charge is 0.225 e. The Bertz CT molecular complexity index is 585. The van der Waals surface area contributed by atoms with Gasteiger partial charge in [0, 0.05) is 5.56 Å². The molecule has 0 aliphatic heterocycles. The second-order valence-corrected chi connectivity index (χ2v) is 5.30. The van der Waals surface area contributed by atoms with Gasteiger partial charge in [-0.25, -0.2) is 0 Å². The van der Waals surface area contributed by atoms with E-state index in [0.717, 1.165) is 5.56 Å². The van der Waals surface area contributed by atoms with E-state index in [1.807, 2.05) is 12.1 Å². The molecule has 1 saturated carbocycles. The standard InChI is InChI=1S/C15H19N5/c16-14-18-13(19-15(17)20-14)12-9-5-4-8-11(12)10-6-2-1-3-7-10/h4-5,8-10H,1-3,6-7H2,(H4,16,17,18,19,20). The molecule has 5 nitrogen and oxygen atoms in total. The van der Waals surface area contributed by atoms with E-state index in [1.54, 1.807) is 0 Å². The number of benzene rings is 1. The Morgan fingerprint density at radius 1 is 0.850 bits per heavy atom. The first-order chi connectivity index (χ1) is 9.74. The lowest BCUT2D eigenvalue weighted by Crippen LogP contribution is -2.09. The van der Waals surface area contributed by atoms with Crippen LogP contribution in [0.5, 0.6) is 0 Å². The molecule has 0 saturated heterocycles. The zero-order valence-electron chi connectivity index (χ0n) is 11.4. The molecule has 1 aromatic heterocycles. The van der Waals surface area contributed by atoms with Crippen LogP contribution in [0.3, 0.4) is 0 Å². The molecule has 1 aliphatic carbocycles. The van der Waals surface area contributed by atoms with Gasteiger partial charge in [-0.2, -0.15) is 15.0 Å². The molecule has 0 atom stereocenters. The van der Waals surface area contributed by atoms with Gasteiger partial charge in [-0.15, -0.1) is 0 Å². The number of hydrogen-bond donors (Lipinski definition) is 2. The molecule has 1 aliphatic rings. The fraction of sp³-hybridized carbons (Fsp3) is 0.400. The van der Waals surface area contributed by atoms with Crippen molar-refractivity contribution in [2.45, 2.75) is 38.0 Å². The third-order valence-corrected chi connectivity index (χ3v) is 3.92. The summed E-state index contributed by atoms with van der Waals surface area (Å²) in [6.45, 7) is 0. The summed E-state index contributed by atoms with van der Waals surface area (Å²) >= 11 is 0. The second-order valence-electron chi connectivity index (χ2n) is 5.30. The Morgan fingerprint density at radius 3 is 2.20 bits per heavy atom. The van der Waals surface area contributed by atoms with Crippen LogP contribution in [0, 0.1) is 0 Å². The van der Waals surface area contributed by atoms with Crippen molar-refractivity contribution in [2.75, 3.05) is 11.5 Å². The highest BCUT2D eigenvalue weighted by Crippen LogP contribution is 2.37. The Balaban J connectivity index is 2.04. The Kier molecular flexibility index (Phi) is 3.50. The normalized spacial score (nSPS) is 16.2. The summed E-state index contributed by atoms with van der Waals surface area (Å²) in [5, 5.41) is 0. The lowest BCUT2D eigenvalue weighted by atomic mass is 9.82. The Hall–Kier alpha value is -2.17. The van der Waals surface area contributed by atoms with Crippen LogP contribution in [0.15, 0.2) is 24.3 Å². The first-order valence-electron chi connectivity index (χ1n) is 7.10. The van der Waals surface area contributed by atoms with E-state index in [2.05, 4.69) is 27.1 Å². The highest BCUT2D eigenvalue weighted by Gasteiger charge is 2.20. The average molecular weight is 269 g/mol. The molecular formula is C15H19N5. The van der Waals surface area contributed by atoms with E-state index in [4.69, 9.17) is 11.5 Å². The van der Waals surface area contributed by atoms with Crippen molar-refractivity contribution in [2.24, 2.45) is 0 Å². The zero-order chi connectivity index (χ0) is 13.9. The maximum absolute atomic E-state index is 5.68. The van der Waals surface area contributed by atoms with Crippen LogP contribution in [0.25, 0.3) is 11.4 Å². The largest absolute Gasteiger partial charge is 0.368 e. The summed E-state index contributed by atoms with van der Waals surface area (Å²) in [6, 6.07) is 8.28. The topological polar surface area (TPSA) is 90.7 Å². The minimum atomic E-state index is 0.172. The molecule has 2 aromatic rings. The van der Waals surface area contributed by atoms with Crippen LogP contribution in [0.2, 0.25) is 0 Å². The van der Waals surface area contributed by atoms with Crippen LogP contribution in [0.4, 0.5) is 11.9 Å². The number of anilines is 2. The molecule has 1 heterocycles. The lowest BCUT2D eigenvalue weighted by Gasteiger charge is -2.24. The Morgan fingerprint density at radius 2 is 1.50 bits per heavy atom. The molecule has 0 unspecified atom stereocenters. The van der Waals surface area contributed by atoms with E-state index in [0.29, 0.717) is 11.7 Å². The minimum Gasteiger partial charge on any atom is -0.368 e. The summed E-state index contributed by atoms with van der Waals surface area (Å²) in [5.74, 6) is 1.51. The van der Waals surface area contributed by atoms with Crippen LogP contribution in [0.1, 0.15) is 43.6 Å². The van der Waals surface area contributed by atoms with Gasteiger partial charge in [0.2, 0.25) is 11.9 Å². The van der Waals surface area contributed by atoms with Gasteiger partial charge >= 0.3 is 0 Å². The van der Waals surface area contributed by atoms with Crippen LogP contribution in [-0.2, 0) is 0 Å². The maximum atomic E-state index is 5.68. The first-order valence-corrected chi connectivity index (χ1v) is 7.10. The second kappa shape index (κ2) is 5.45. The fourth-order valence-electron chi connectivity index (χ4n) is 3.00. The molecule has 1 fully saturated rings. The van der Waals surface area contributed by atoms with Crippen molar-refractivity contribution in [1.29, 1.82) is 0 Å². The Labute approximate surface area is 118 Å². The van der Waals surface area contributed by atoms with E-state index in [-0.39, 0.29) is 11.9 Å². The highest BCUT2D eigenvalue weighted by molar-refractivity contribution is 5.62. The van der Waals surface area contributed by atoms with Crippen molar-refractivity contribution in [1.82, 2.24) is 15.0 Å². The van der Waals surface area contributed by atoms with Crippen molar-refractivity contribution < 1.29 is 0 Å². The summed E-state index contributed by atoms with van der Waals surface area (Å²) in [4.78, 5) is 12.3. The predicted molar refractivity (Wildman–Crippen MR) is 79.9 cm³/mol. The number of nitrogens with two attached hydrogens (primary N) is 2. The number of hydrogen-bond acceptors (Lipinski definition) is 5. The summed E-state index contributed by atoms with van der Waals surface area (Å²) in [7, 11) is 0. The van der Waals surface area contributed by atoms with Gasteiger partial charge in [-0.1, -0.05) is 43.5 Å². The van der Waals surface area contributed by atoms with E-state index < -0.39 is 0 Å². The molecule has 104 valence electrons. The van der Waals surface area contributed by atoms with Crippen LogP contribution in [-0.4, -0.2) is 15.0 Å². The first kappa shape index (κ1) is 12.8. The fourth-order valence-corrected chi connectivity index (χ4v) is 3.00. The molecule has 3 rings (SSSR count). The van der Waals surface area contributed by atoms with Gasteiger partial charge in [-0.3, -0.25) is 0 Å². The summed E-state index contributed by atoms with van der Waals surface area (Å²) < 4.78 is 0. The van der Waals surface area contributed by atoms with Crippen molar-refractivity contribution >= 4 is 11.9 Å². The van der Waals surface area contributed by atoms with Crippen molar-refractivity contribution in [3.8, 4) is 11.4 Å². The molecule has 0 bridgehead atoms. The van der Waals surface area contributed by atoms with Crippen molar-refractivity contribution in [3.63, 3.8) is 0 Å². The third-order valence-electron chi connectivity index (χ3n) is 3.92. The predicted octanol–water partition coefficient (Wildman–Crippen LogP) is 2.75. The minimum absolute atomic E-state index is 0.172. The SMILES string of the molecule is Nc1nc(N)nc(-c2ccccc2C2CCCCC2)n1. The number of nitrogen functional groups attached to an aromatic ring is 2. The molecule has 4 N–H and O–H groups in total. The van der Waals surface area contributed by atoms with Gasteiger partial charge in [0.05, 0.1) is 0 Å². The third kappa shape index (κ3) is 2.57. The molecule has 0 radical (unpaired) electrons. The molecular weight excluding hydrogens is 250 g/mol. The lowest BCUT2D eigenvalue weighted by molar-refractivity contribution is 0.444. The maximum Gasteiger partial charge on any atom is 0.225 e. The van der Waals surface area contributed by atoms with E-state index in [1.165, 1.54) is 37.7 Å². The highest BCUT2D eigenvalue weighted by atomic mass is 15.1. The van der Waals surface area contributed by atoms with Gasteiger partial charge in [0.15, 0.2) is 5.82 Å². The molecule has 0 spiro atoms. The van der Waals surface area contributed by atoms with Crippen LogP contribution < -0.4 is 11.5 Å². The van der Waals surface area contributed by atoms with Gasteiger partial charge in [0.1, 0.15) is 0 Å². The van der Waals surface area contributed by atoms with Crippen molar-refractivity contribution in [3.05, 3.63) is 29.8 Å². The quantitative estimate of drug-likeness (QED) is 0.874. The number of nitrogens with zero attached hydrogens (tertiary/aromatic N) is 3. The molecule has 0 amide bonds. The monoisotopic (exact) mass is 269 g/mol. The summed E-state index contributed by atoms with van der Waals surface area (Å²) in [6.07, 6.45) is 6.38. The molecule has 5 heteroatoms. The van der Waals surface area contributed by atoms with Crippen LogP contribution >= 0.6 is 0 Å². The average Bonchev–Trinajstić information content (AvgIpc) is 2.47.